The van der Waals surface area contributed by atoms with E-state index in [-0.39, 0.29) is 24.2 Å². The normalized spacial score (nSPS) is 18.0. The van der Waals surface area contributed by atoms with Crippen molar-refractivity contribution in [1.82, 2.24) is 5.32 Å². The highest BCUT2D eigenvalue weighted by Gasteiger charge is 2.29. The van der Waals surface area contributed by atoms with Crippen molar-refractivity contribution in [2.24, 2.45) is 5.16 Å². The Labute approximate surface area is 158 Å². The molecule has 1 unspecified atom stereocenters. The van der Waals surface area contributed by atoms with Crippen LogP contribution < -0.4 is 14.8 Å². The predicted octanol–water partition coefficient (Wildman–Crippen LogP) is 3.33. The van der Waals surface area contributed by atoms with Crippen LogP contribution in [0.5, 0.6) is 11.5 Å². The average molecular weight is 366 g/mol. The highest BCUT2D eigenvalue weighted by molar-refractivity contribution is 6.39. The van der Waals surface area contributed by atoms with Crippen LogP contribution in [-0.2, 0) is 15.0 Å². The number of carbonyl (C=O) groups is 1. The van der Waals surface area contributed by atoms with E-state index in [0.29, 0.717) is 18.7 Å². The largest absolute Gasteiger partial charge is 0.454 e. The molecule has 0 aliphatic carbocycles. The minimum absolute atomic E-state index is 0.192. The fraction of sp³-hybridized carbons (Fsp3) is 0.333. The van der Waals surface area contributed by atoms with Gasteiger partial charge < -0.3 is 19.6 Å². The lowest BCUT2D eigenvalue weighted by atomic mass is 9.84. The Morgan fingerprint density at radius 2 is 1.93 bits per heavy atom. The molecular formula is C21H22N2O4. The molecule has 0 fully saturated rings. The SMILES string of the molecule is CC(C)(CNC(=O)C1=NOC(c2ccccc2)C1)c1ccc2c(c1)OCO2. The van der Waals surface area contributed by atoms with Crippen molar-refractivity contribution in [1.29, 1.82) is 0 Å². The molecule has 0 aromatic heterocycles. The Kier molecular flexibility index (Phi) is 4.48. The number of amides is 1. The number of hydrogen-bond donors (Lipinski definition) is 1. The number of fused-ring (bicyclic) bond motifs is 1. The highest BCUT2D eigenvalue weighted by Crippen LogP contribution is 2.36. The first-order valence-electron chi connectivity index (χ1n) is 8.99. The number of oxime groups is 1. The van der Waals surface area contributed by atoms with Crippen LogP contribution in [0.3, 0.4) is 0 Å². The molecule has 4 rings (SSSR count). The van der Waals surface area contributed by atoms with Gasteiger partial charge in [0.2, 0.25) is 6.79 Å². The first-order valence-corrected chi connectivity index (χ1v) is 8.99. The summed E-state index contributed by atoms with van der Waals surface area (Å²) >= 11 is 0. The van der Waals surface area contributed by atoms with Gasteiger partial charge >= 0.3 is 0 Å². The summed E-state index contributed by atoms with van der Waals surface area (Å²) in [4.78, 5) is 18.0. The lowest BCUT2D eigenvalue weighted by Crippen LogP contribution is -2.39. The van der Waals surface area contributed by atoms with E-state index in [1.54, 1.807) is 0 Å². The van der Waals surface area contributed by atoms with Gasteiger partial charge in [-0.05, 0) is 23.3 Å². The minimum Gasteiger partial charge on any atom is -0.454 e. The van der Waals surface area contributed by atoms with Crippen LogP contribution in [0.25, 0.3) is 0 Å². The van der Waals surface area contributed by atoms with Crippen LogP contribution in [0.1, 0.15) is 37.5 Å². The molecule has 140 valence electrons. The first kappa shape index (κ1) is 17.4. The van der Waals surface area contributed by atoms with Crippen LogP contribution in [0.4, 0.5) is 0 Å². The van der Waals surface area contributed by atoms with Crippen molar-refractivity contribution >= 4 is 11.6 Å². The molecule has 6 heteroatoms. The van der Waals surface area contributed by atoms with Gasteiger partial charge in [-0.3, -0.25) is 4.79 Å². The summed E-state index contributed by atoms with van der Waals surface area (Å²) in [5.74, 6) is 1.30. The van der Waals surface area contributed by atoms with Crippen LogP contribution in [-0.4, -0.2) is 25.0 Å². The summed E-state index contributed by atoms with van der Waals surface area (Å²) in [7, 11) is 0. The maximum atomic E-state index is 12.5. The van der Waals surface area contributed by atoms with Crippen molar-refractivity contribution in [2.75, 3.05) is 13.3 Å². The smallest absolute Gasteiger partial charge is 0.269 e. The molecule has 1 atom stereocenters. The molecule has 0 saturated carbocycles. The van der Waals surface area contributed by atoms with Crippen molar-refractivity contribution < 1.29 is 19.1 Å². The Morgan fingerprint density at radius 3 is 2.74 bits per heavy atom. The predicted molar refractivity (Wildman–Crippen MR) is 101 cm³/mol. The van der Waals surface area contributed by atoms with E-state index < -0.39 is 0 Å². The first-order chi connectivity index (χ1) is 13.0. The molecule has 2 aromatic rings. The number of nitrogens with zero attached hydrogens (tertiary/aromatic N) is 1. The monoisotopic (exact) mass is 366 g/mol. The van der Waals surface area contributed by atoms with E-state index in [1.807, 2.05) is 48.5 Å². The molecule has 0 spiro atoms. The lowest BCUT2D eigenvalue weighted by Gasteiger charge is -2.25. The van der Waals surface area contributed by atoms with Crippen molar-refractivity contribution in [3.05, 3.63) is 59.7 Å². The van der Waals surface area contributed by atoms with Gasteiger partial charge in [-0.2, -0.15) is 0 Å². The van der Waals surface area contributed by atoms with Gasteiger partial charge in [0.05, 0.1) is 0 Å². The van der Waals surface area contributed by atoms with Gasteiger partial charge in [0, 0.05) is 18.4 Å². The van der Waals surface area contributed by atoms with E-state index in [4.69, 9.17) is 14.3 Å². The van der Waals surface area contributed by atoms with Gasteiger partial charge in [0.25, 0.3) is 5.91 Å². The number of ether oxygens (including phenoxy) is 2. The van der Waals surface area contributed by atoms with E-state index in [0.717, 1.165) is 22.6 Å². The zero-order valence-electron chi connectivity index (χ0n) is 15.4. The van der Waals surface area contributed by atoms with Gasteiger partial charge in [0.1, 0.15) is 5.71 Å². The maximum absolute atomic E-state index is 12.5. The Morgan fingerprint density at radius 1 is 1.15 bits per heavy atom. The third kappa shape index (κ3) is 3.60. The fourth-order valence-electron chi connectivity index (χ4n) is 3.18. The van der Waals surface area contributed by atoms with Gasteiger partial charge in [-0.15, -0.1) is 0 Å². The molecule has 1 N–H and O–H groups in total. The second-order valence-corrected chi connectivity index (χ2v) is 7.38. The van der Waals surface area contributed by atoms with Gasteiger partial charge in [0.15, 0.2) is 17.6 Å². The van der Waals surface area contributed by atoms with Gasteiger partial charge in [-0.1, -0.05) is 55.4 Å². The average Bonchev–Trinajstić information content (AvgIpc) is 3.35. The maximum Gasteiger partial charge on any atom is 0.269 e. The molecule has 2 heterocycles. The Hall–Kier alpha value is -3.02. The third-order valence-corrected chi connectivity index (χ3v) is 4.95. The third-order valence-electron chi connectivity index (χ3n) is 4.95. The number of rotatable bonds is 5. The summed E-state index contributed by atoms with van der Waals surface area (Å²) in [6, 6.07) is 15.7. The standard InChI is InChI=1S/C21H22N2O4/c1-21(2,15-8-9-17-19(10-15)26-13-25-17)12-22-20(24)16-11-18(27-23-16)14-6-4-3-5-7-14/h3-10,18H,11-13H2,1-2H3,(H,22,24). The molecular weight excluding hydrogens is 344 g/mol. The van der Waals surface area contributed by atoms with Gasteiger partial charge in [-0.25, -0.2) is 0 Å². The van der Waals surface area contributed by atoms with Crippen molar-refractivity contribution in [3.8, 4) is 11.5 Å². The van der Waals surface area contributed by atoms with E-state index >= 15 is 0 Å². The molecule has 0 saturated heterocycles. The number of hydrogen-bond acceptors (Lipinski definition) is 5. The topological polar surface area (TPSA) is 69.2 Å². The van der Waals surface area contributed by atoms with E-state index in [2.05, 4.69) is 24.3 Å². The number of carbonyl (C=O) groups excluding carboxylic acids is 1. The minimum atomic E-state index is -0.268. The zero-order chi connectivity index (χ0) is 18.9. The van der Waals surface area contributed by atoms with Crippen LogP contribution in [0.2, 0.25) is 0 Å². The summed E-state index contributed by atoms with van der Waals surface area (Å²) < 4.78 is 10.8. The lowest BCUT2D eigenvalue weighted by molar-refractivity contribution is -0.115. The molecule has 27 heavy (non-hydrogen) atoms. The Bertz CT molecular complexity index is 877. The van der Waals surface area contributed by atoms with Crippen LogP contribution in [0.15, 0.2) is 53.7 Å². The second-order valence-electron chi connectivity index (χ2n) is 7.38. The van der Waals surface area contributed by atoms with E-state index in [1.165, 1.54) is 0 Å². The van der Waals surface area contributed by atoms with Crippen LogP contribution in [0, 0.1) is 0 Å². The van der Waals surface area contributed by atoms with Crippen molar-refractivity contribution in [2.45, 2.75) is 31.8 Å². The number of nitrogens with one attached hydrogen (secondary N) is 1. The van der Waals surface area contributed by atoms with Crippen molar-refractivity contribution in [3.63, 3.8) is 0 Å². The summed E-state index contributed by atoms with van der Waals surface area (Å²) in [5, 5.41) is 6.96. The van der Waals surface area contributed by atoms with E-state index in [9.17, 15) is 4.79 Å². The van der Waals surface area contributed by atoms with Crippen LogP contribution >= 0.6 is 0 Å². The molecule has 0 bridgehead atoms. The zero-order valence-corrected chi connectivity index (χ0v) is 15.4. The molecule has 1 amide bonds. The molecule has 2 aromatic carbocycles. The molecule has 2 aliphatic heterocycles. The quantitative estimate of drug-likeness (QED) is 0.881. The second kappa shape index (κ2) is 6.95. The molecule has 0 radical (unpaired) electrons. The molecule has 6 nitrogen and oxygen atoms in total. The summed E-state index contributed by atoms with van der Waals surface area (Å²) in [6.45, 7) is 4.87. The number of benzene rings is 2. The molecule has 2 aliphatic rings. The fourth-order valence-corrected chi connectivity index (χ4v) is 3.18. The summed E-state index contributed by atoms with van der Waals surface area (Å²) in [5.41, 5.74) is 2.24. The Balaban J connectivity index is 1.36. The summed E-state index contributed by atoms with van der Waals surface area (Å²) in [6.07, 6.45) is 0.272. The highest BCUT2D eigenvalue weighted by atomic mass is 16.7.